The van der Waals surface area contributed by atoms with Crippen LogP contribution in [0.15, 0.2) is 48.8 Å². The molecule has 1 N–H and O–H groups in total. The molecule has 22 heavy (non-hydrogen) atoms. The van der Waals surface area contributed by atoms with Gasteiger partial charge in [-0.1, -0.05) is 18.2 Å². The second kappa shape index (κ2) is 5.33. The van der Waals surface area contributed by atoms with Gasteiger partial charge >= 0.3 is 6.03 Å². The van der Waals surface area contributed by atoms with Crippen molar-refractivity contribution in [2.45, 2.75) is 5.92 Å². The maximum absolute atomic E-state index is 12.4. The number of likely N-dealkylation sites (tertiary alicyclic amines) is 1. The van der Waals surface area contributed by atoms with Crippen LogP contribution < -0.4 is 10.1 Å². The van der Waals surface area contributed by atoms with E-state index in [-0.39, 0.29) is 6.03 Å². The van der Waals surface area contributed by atoms with Gasteiger partial charge in [0.05, 0.1) is 18.5 Å². The number of amides is 2. The van der Waals surface area contributed by atoms with Crippen LogP contribution in [0.4, 0.5) is 10.5 Å². The Balaban J connectivity index is 1.50. The van der Waals surface area contributed by atoms with Gasteiger partial charge in [0, 0.05) is 31.1 Å². The fraction of sp³-hybridized carbons (Fsp3) is 0.294. The van der Waals surface area contributed by atoms with Crippen molar-refractivity contribution in [3.05, 3.63) is 54.4 Å². The van der Waals surface area contributed by atoms with Crippen LogP contribution in [0.25, 0.3) is 0 Å². The Morgan fingerprint density at radius 1 is 1.23 bits per heavy atom. The Labute approximate surface area is 128 Å². The number of urea groups is 1. The minimum Gasteiger partial charge on any atom is -0.493 e. The van der Waals surface area contributed by atoms with Crippen molar-refractivity contribution in [3.63, 3.8) is 0 Å². The average molecular weight is 295 g/mol. The van der Waals surface area contributed by atoms with Crippen LogP contribution in [0, 0.1) is 5.92 Å². The van der Waals surface area contributed by atoms with E-state index in [9.17, 15) is 4.79 Å². The molecule has 2 atom stereocenters. The average Bonchev–Trinajstić information content (AvgIpc) is 3.00. The van der Waals surface area contributed by atoms with Crippen molar-refractivity contribution in [3.8, 4) is 5.75 Å². The van der Waals surface area contributed by atoms with Gasteiger partial charge in [-0.05, 0) is 23.8 Å². The molecule has 0 spiro atoms. The van der Waals surface area contributed by atoms with Crippen molar-refractivity contribution in [2.75, 3.05) is 25.0 Å². The third-order valence-corrected chi connectivity index (χ3v) is 4.41. The smallest absolute Gasteiger partial charge is 0.321 e. The van der Waals surface area contributed by atoms with E-state index in [1.807, 2.05) is 35.2 Å². The predicted octanol–water partition coefficient (Wildman–Crippen LogP) is 2.72. The largest absolute Gasteiger partial charge is 0.493 e. The number of carbonyl (C=O) groups excluding carboxylic acids is 1. The van der Waals surface area contributed by atoms with Crippen LogP contribution in [0.2, 0.25) is 0 Å². The third kappa shape index (κ3) is 2.28. The van der Waals surface area contributed by atoms with Crippen LogP contribution in [-0.2, 0) is 0 Å². The quantitative estimate of drug-likeness (QED) is 0.880. The zero-order valence-electron chi connectivity index (χ0n) is 12.1. The van der Waals surface area contributed by atoms with Gasteiger partial charge in [-0.3, -0.25) is 4.98 Å². The van der Waals surface area contributed by atoms with Crippen molar-refractivity contribution in [2.24, 2.45) is 5.92 Å². The van der Waals surface area contributed by atoms with E-state index in [1.54, 1.807) is 12.4 Å². The lowest BCUT2D eigenvalue weighted by molar-refractivity contribution is 0.207. The van der Waals surface area contributed by atoms with E-state index in [0.717, 1.165) is 24.5 Å². The number of benzene rings is 1. The van der Waals surface area contributed by atoms with Crippen molar-refractivity contribution in [1.82, 2.24) is 9.88 Å². The number of aromatic nitrogens is 1. The number of hydrogen-bond acceptors (Lipinski definition) is 3. The topological polar surface area (TPSA) is 54.5 Å². The van der Waals surface area contributed by atoms with Crippen LogP contribution in [0.3, 0.4) is 0 Å². The van der Waals surface area contributed by atoms with E-state index in [2.05, 4.69) is 16.4 Å². The highest BCUT2D eigenvalue weighted by Crippen LogP contribution is 2.41. The molecule has 5 nitrogen and oxygen atoms in total. The van der Waals surface area contributed by atoms with Crippen LogP contribution in [-0.4, -0.2) is 35.6 Å². The van der Waals surface area contributed by atoms with Gasteiger partial charge < -0.3 is 15.0 Å². The fourth-order valence-electron chi connectivity index (χ4n) is 3.31. The molecule has 2 aliphatic heterocycles. The first-order valence-electron chi connectivity index (χ1n) is 7.49. The summed E-state index contributed by atoms with van der Waals surface area (Å²) in [6.07, 6.45) is 3.34. The molecule has 1 aromatic heterocycles. The fourth-order valence-corrected chi connectivity index (χ4v) is 3.31. The van der Waals surface area contributed by atoms with Crippen molar-refractivity contribution in [1.29, 1.82) is 0 Å². The molecule has 2 amide bonds. The summed E-state index contributed by atoms with van der Waals surface area (Å²) < 4.78 is 5.82. The molecule has 0 aliphatic carbocycles. The first-order chi connectivity index (χ1) is 10.8. The number of nitrogens with one attached hydrogen (secondary N) is 1. The third-order valence-electron chi connectivity index (χ3n) is 4.41. The molecular weight excluding hydrogens is 278 g/mol. The van der Waals surface area contributed by atoms with Gasteiger partial charge in [-0.25, -0.2) is 4.79 Å². The van der Waals surface area contributed by atoms with E-state index >= 15 is 0 Å². The molecule has 0 radical (unpaired) electrons. The Morgan fingerprint density at radius 2 is 2.14 bits per heavy atom. The summed E-state index contributed by atoms with van der Waals surface area (Å²) in [7, 11) is 0. The SMILES string of the molecule is O=C(Nc1cccnc1)N1C[C@@H]2COc3ccccc3[C@@H]2C1. The molecular formula is C17H17N3O2. The molecule has 112 valence electrons. The van der Waals surface area contributed by atoms with Crippen molar-refractivity contribution < 1.29 is 9.53 Å². The number of hydrogen-bond donors (Lipinski definition) is 1. The second-order valence-corrected chi connectivity index (χ2v) is 5.79. The Hall–Kier alpha value is -2.56. The minimum atomic E-state index is -0.0696. The molecule has 0 unspecified atom stereocenters. The van der Waals surface area contributed by atoms with Gasteiger partial charge in [0.25, 0.3) is 0 Å². The van der Waals surface area contributed by atoms with E-state index < -0.39 is 0 Å². The van der Waals surface area contributed by atoms with Gasteiger partial charge in [0.1, 0.15) is 5.75 Å². The van der Waals surface area contributed by atoms with Gasteiger partial charge in [0.2, 0.25) is 0 Å². The molecule has 1 aromatic carbocycles. The predicted molar refractivity (Wildman–Crippen MR) is 83.0 cm³/mol. The van der Waals surface area contributed by atoms with E-state index in [0.29, 0.717) is 18.4 Å². The standard InChI is InChI=1S/C17H17N3O2/c21-17(19-13-4-3-7-18-8-13)20-9-12-11-22-16-6-2-1-5-14(16)15(12)10-20/h1-8,12,15H,9-11H2,(H,19,21)/t12-,15-/m1/s1. The maximum Gasteiger partial charge on any atom is 0.321 e. The van der Waals surface area contributed by atoms with Crippen molar-refractivity contribution >= 4 is 11.7 Å². The van der Waals surface area contributed by atoms with E-state index in [4.69, 9.17) is 4.74 Å². The van der Waals surface area contributed by atoms with E-state index in [1.165, 1.54) is 5.56 Å². The highest BCUT2D eigenvalue weighted by molar-refractivity contribution is 5.89. The molecule has 5 heteroatoms. The zero-order valence-corrected chi connectivity index (χ0v) is 12.1. The van der Waals surface area contributed by atoms with Gasteiger partial charge in [-0.15, -0.1) is 0 Å². The number of pyridine rings is 1. The summed E-state index contributed by atoms with van der Waals surface area (Å²) in [5.74, 6) is 1.69. The van der Waals surface area contributed by atoms with Crippen LogP contribution >= 0.6 is 0 Å². The van der Waals surface area contributed by atoms with Crippen LogP contribution in [0.5, 0.6) is 5.75 Å². The Kier molecular flexibility index (Phi) is 3.18. The lowest BCUT2D eigenvalue weighted by Crippen LogP contribution is -2.33. The zero-order chi connectivity index (χ0) is 14.9. The molecule has 4 rings (SSSR count). The molecule has 1 saturated heterocycles. The number of rotatable bonds is 1. The summed E-state index contributed by atoms with van der Waals surface area (Å²) in [6, 6.07) is 11.7. The highest BCUT2D eigenvalue weighted by Gasteiger charge is 2.40. The minimum absolute atomic E-state index is 0.0696. The molecule has 0 saturated carbocycles. The normalized spacial score (nSPS) is 22.5. The molecule has 0 bridgehead atoms. The Bertz CT molecular complexity index is 689. The molecule has 2 aliphatic rings. The number of para-hydroxylation sites is 1. The summed E-state index contributed by atoms with van der Waals surface area (Å²) in [6.45, 7) is 2.14. The molecule has 2 aromatic rings. The summed E-state index contributed by atoms with van der Waals surface area (Å²) in [5, 5.41) is 2.90. The summed E-state index contributed by atoms with van der Waals surface area (Å²) >= 11 is 0. The number of anilines is 1. The number of nitrogens with zero attached hydrogens (tertiary/aromatic N) is 2. The lowest BCUT2D eigenvalue weighted by Gasteiger charge is -2.27. The monoisotopic (exact) mass is 295 g/mol. The lowest BCUT2D eigenvalue weighted by atomic mass is 9.87. The first kappa shape index (κ1) is 13.1. The van der Waals surface area contributed by atoms with Crippen LogP contribution in [0.1, 0.15) is 11.5 Å². The Morgan fingerprint density at radius 3 is 3.00 bits per heavy atom. The number of ether oxygens (including phenoxy) is 1. The van der Waals surface area contributed by atoms with Gasteiger partial charge in [0.15, 0.2) is 0 Å². The second-order valence-electron chi connectivity index (χ2n) is 5.79. The highest BCUT2D eigenvalue weighted by atomic mass is 16.5. The maximum atomic E-state index is 12.4. The summed E-state index contributed by atoms with van der Waals surface area (Å²) in [5.41, 5.74) is 1.94. The molecule has 1 fully saturated rings. The number of carbonyl (C=O) groups is 1. The van der Waals surface area contributed by atoms with Gasteiger partial charge in [-0.2, -0.15) is 0 Å². The summed E-state index contributed by atoms with van der Waals surface area (Å²) in [4.78, 5) is 18.3. The number of fused-ring (bicyclic) bond motifs is 3. The molecule has 3 heterocycles. The first-order valence-corrected chi connectivity index (χ1v) is 7.49.